The number of carbonyl (C=O) groups is 4. The molecule has 2 amide bonds. The number of ether oxygens (including phenoxy) is 3. The molecule has 1 aliphatic rings. The minimum absolute atomic E-state index is 0.0301. The molecule has 1 N–H and O–H groups in total. The number of hydrogen-bond acceptors (Lipinski definition) is 8. The summed E-state index contributed by atoms with van der Waals surface area (Å²) in [6.07, 6.45) is -0.430. The van der Waals surface area contributed by atoms with Crippen molar-refractivity contribution in [3.8, 4) is 0 Å². The average molecular weight is 515 g/mol. The Hall–Kier alpha value is -3.53. The molecule has 0 bridgehead atoms. The van der Waals surface area contributed by atoms with Crippen LogP contribution >= 0.6 is 11.8 Å². The van der Waals surface area contributed by atoms with Crippen molar-refractivity contribution in [3.05, 3.63) is 59.7 Å². The third-order valence-electron chi connectivity index (χ3n) is 5.33. The standard InChI is InChI=1S/C26H30N2O7S/c1-3-33-23(29)13-11-20(25(31)34-4-2)27-24(30)19-10-12-21-22(16-19)36-15-14-28(21)26(32)35-17-18-8-6-5-7-9-18/h5-10,12,16,20H,3-4,11,13-15,17H2,1-2H3,(H,27,30)/t20-/m0/s1. The molecule has 0 fully saturated rings. The minimum Gasteiger partial charge on any atom is -0.466 e. The zero-order valence-electron chi connectivity index (χ0n) is 20.4. The van der Waals surface area contributed by atoms with Crippen LogP contribution in [0.25, 0.3) is 0 Å². The van der Waals surface area contributed by atoms with Gasteiger partial charge in [0.2, 0.25) is 0 Å². The third-order valence-corrected chi connectivity index (χ3v) is 6.35. The SMILES string of the molecule is CCOC(=O)CC[C@H](NC(=O)c1ccc2c(c1)SCCN2C(=O)OCc1ccccc1)C(=O)OCC. The summed E-state index contributed by atoms with van der Waals surface area (Å²) in [5.41, 5.74) is 1.87. The first kappa shape index (κ1) is 27.1. The molecule has 0 saturated carbocycles. The van der Waals surface area contributed by atoms with Crippen molar-refractivity contribution in [2.45, 2.75) is 44.2 Å². The lowest BCUT2D eigenvalue weighted by atomic mass is 10.1. The molecule has 0 saturated heterocycles. The second-order valence-corrected chi connectivity index (χ2v) is 8.98. The van der Waals surface area contributed by atoms with E-state index in [9.17, 15) is 19.2 Å². The predicted octanol–water partition coefficient (Wildman–Crippen LogP) is 3.94. The number of thioether (sulfide) groups is 1. The lowest BCUT2D eigenvalue weighted by molar-refractivity contribution is -0.146. The van der Waals surface area contributed by atoms with Crippen LogP contribution in [0.1, 0.15) is 42.6 Å². The number of nitrogens with one attached hydrogen (secondary N) is 1. The number of fused-ring (bicyclic) bond motifs is 1. The van der Waals surface area contributed by atoms with Crippen molar-refractivity contribution in [1.82, 2.24) is 5.32 Å². The molecule has 1 heterocycles. The van der Waals surface area contributed by atoms with E-state index >= 15 is 0 Å². The highest BCUT2D eigenvalue weighted by molar-refractivity contribution is 7.99. The topological polar surface area (TPSA) is 111 Å². The Morgan fingerprint density at radius 3 is 2.47 bits per heavy atom. The molecule has 0 aliphatic carbocycles. The first-order chi connectivity index (χ1) is 17.4. The van der Waals surface area contributed by atoms with E-state index in [1.807, 2.05) is 30.3 Å². The highest BCUT2D eigenvalue weighted by Gasteiger charge is 2.27. The van der Waals surface area contributed by atoms with Crippen LogP contribution in [0.4, 0.5) is 10.5 Å². The quantitative estimate of drug-likeness (QED) is 0.375. The predicted molar refractivity (Wildman–Crippen MR) is 135 cm³/mol. The van der Waals surface area contributed by atoms with Crippen molar-refractivity contribution in [3.63, 3.8) is 0 Å². The van der Waals surface area contributed by atoms with Crippen molar-refractivity contribution >= 4 is 41.4 Å². The van der Waals surface area contributed by atoms with Gasteiger partial charge in [0, 0.05) is 29.2 Å². The van der Waals surface area contributed by atoms with Gasteiger partial charge in [0.05, 0.1) is 18.9 Å². The van der Waals surface area contributed by atoms with Gasteiger partial charge in [-0.15, -0.1) is 11.8 Å². The highest BCUT2D eigenvalue weighted by atomic mass is 32.2. The number of anilines is 1. The molecular formula is C26H30N2O7S. The van der Waals surface area contributed by atoms with Crippen LogP contribution in [0.3, 0.4) is 0 Å². The summed E-state index contributed by atoms with van der Waals surface area (Å²) in [6, 6.07) is 13.4. The van der Waals surface area contributed by atoms with Crippen LogP contribution in [0.5, 0.6) is 0 Å². The van der Waals surface area contributed by atoms with Crippen LogP contribution < -0.4 is 10.2 Å². The monoisotopic (exact) mass is 514 g/mol. The second kappa shape index (κ2) is 13.5. The van der Waals surface area contributed by atoms with E-state index < -0.39 is 30.0 Å². The van der Waals surface area contributed by atoms with Crippen LogP contribution in [0.15, 0.2) is 53.4 Å². The molecule has 36 heavy (non-hydrogen) atoms. The Bertz CT molecular complexity index is 1080. The Morgan fingerprint density at radius 2 is 1.75 bits per heavy atom. The molecule has 9 nitrogen and oxygen atoms in total. The van der Waals surface area contributed by atoms with Gasteiger partial charge in [0.1, 0.15) is 12.6 Å². The van der Waals surface area contributed by atoms with Gasteiger partial charge in [-0.2, -0.15) is 0 Å². The van der Waals surface area contributed by atoms with Crippen molar-refractivity contribution in [1.29, 1.82) is 0 Å². The molecule has 0 aromatic heterocycles. The second-order valence-electron chi connectivity index (χ2n) is 7.84. The van der Waals surface area contributed by atoms with E-state index in [4.69, 9.17) is 14.2 Å². The van der Waals surface area contributed by atoms with Crippen LogP contribution in [0, 0.1) is 0 Å². The molecule has 10 heteroatoms. The van der Waals surface area contributed by atoms with Gasteiger partial charge in [0.15, 0.2) is 0 Å². The number of carbonyl (C=O) groups excluding carboxylic acids is 4. The lowest BCUT2D eigenvalue weighted by Crippen LogP contribution is -2.42. The van der Waals surface area contributed by atoms with Crippen molar-refractivity contribution < 1.29 is 33.4 Å². The summed E-state index contributed by atoms with van der Waals surface area (Å²) < 4.78 is 15.4. The Morgan fingerprint density at radius 1 is 1.00 bits per heavy atom. The third kappa shape index (κ3) is 7.48. The summed E-state index contributed by atoms with van der Waals surface area (Å²) in [6.45, 7) is 4.39. The summed E-state index contributed by atoms with van der Waals surface area (Å²) in [7, 11) is 0. The smallest absolute Gasteiger partial charge is 0.414 e. The molecule has 192 valence electrons. The summed E-state index contributed by atoms with van der Waals surface area (Å²) in [4.78, 5) is 52.1. The fourth-order valence-corrected chi connectivity index (χ4v) is 4.61. The zero-order chi connectivity index (χ0) is 25.9. The number of nitrogens with zero attached hydrogens (tertiary/aromatic N) is 1. The van der Waals surface area contributed by atoms with Gasteiger partial charge in [0.25, 0.3) is 5.91 Å². The van der Waals surface area contributed by atoms with Gasteiger partial charge < -0.3 is 19.5 Å². The van der Waals surface area contributed by atoms with Crippen LogP contribution in [0.2, 0.25) is 0 Å². The number of rotatable bonds is 10. The van der Waals surface area contributed by atoms with E-state index in [2.05, 4.69) is 5.32 Å². The van der Waals surface area contributed by atoms with Crippen LogP contribution in [-0.2, 0) is 30.4 Å². The number of benzene rings is 2. The fraction of sp³-hybridized carbons (Fsp3) is 0.385. The van der Waals surface area contributed by atoms with E-state index in [1.54, 1.807) is 36.9 Å². The molecule has 3 rings (SSSR count). The zero-order valence-corrected chi connectivity index (χ0v) is 21.2. The van der Waals surface area contributed by atoms with Crippen LogP contribution in [-0.4, -0.2) is 55.5 Å². The molecular weight excluding hydrogens is 484 g/mol. The molecule has 0 spiro atoms. The van der Waals surface area contributed by atoms with E-state index in [0.717, 1.165) is 10.5 Å². The first-order valence-corrected chi connectivity index (χ1v) is 12.8. The molecule has 1 aliphatic heterocycles. The van der Waals surface area contributed by atoms with E-state index in [1.165, 1.54) is 11.8 Å². The number of amides is 2. The van der Waals surface area contributed by atoms with E-state index in [-0.39, 0.29) is 32.7 Å². The van der Waals surface area contributed by atoms with Gasteiger partial charge in [-0.25, -0.2) is 9.59 Å². The van der Waals surface area contributed by atoms with Gasteiger partial charge in [-0.3, -0.25) is 14.5 Å². The lowest BCUT2D eigenvalue weighted by Gasteiger charge is -2.28. The fourth-order valence-electron chi connectivity index (χ4n) is 3.58. The molecule has 1 atom stereocenters. The van der Waals surface area contributed by atoms with Gasteiger partial charge >= 0.3 is 18.0 Å². The average Bonchev–Trinajstić information content (AvgIpc) is 2.89. The summed E-state index contributed by atoms with van der Waals surface area (Å²) in [5, 5.41) is 2.66. The Balaban J connectivity index is 1.67. The first-order valence-electron chi connectivity index (χ1n) is 11.8. The van der Waals surface area contributed by atoms with E-state index in [0.29, 0.717) is 23.5 Å². The normalized spacial score (nSPS) is 13.2. The van der Waals surface area contributed by atoms with Crippen molar-refractivity contribution in [2.75, 3.05) is 30.4 Å². The summed E-state index contributed by atoms with van der Waals surface area (Å²) >= 11 is 1.53. The number of hydrogen-bond donors (Lipinski definition) is 1. The Labute approximate surface area is 214 Å². The molecule has 0 radical (unpaired) electrons. The maximum atomic E-state index is 12.9. The maximum absolute atomic E-state index is 12.9. The highest BCUT2D eigenvalue weighted by Crippen LogP contribution is 2.36. The molecule has 2 aromatic rings. The Kier molecular flexibility index (Phi) is 10.2. The molecule has 2 aromatic carbocycles. The molecule has 0 unspecified atom stereocenters. The summed E-state index contributed by atoms with van der Waals surface area (Å²) in [5.74, 6) is -0.909. The minimum atomic E-state index is -0.991. The number of esters is 2. The van der Waals surface area contributed by atoms with Gasteiger partial charge in [-0.05, 0) is 44.0 Å². The largest absolute Gasteiger partial charge is 0.466 e. The van der Waals surface area contributed by atoms with Crippen molar-refractivity contribution in [2.24, 2.45) is 0 Å². The maximum Gasteiger partial charge on any atom is 0.414 e. The van der Waals surface area contributed by atoms with Gasteiger partial charge in [-0.1, -0.05) is 30.3 Å².